The van der Waals surface area contributed by atoms with Crippen molar-refractivity contribution in [2.45, 2.75) is 0 Å². The molecule has 0 atom stereocenters. The van der Waals surface area contributed by atoms with Gasteiger partial charge < -0.3 is 9.40 Å². The van der Waals surface area contributed by atoms with Gasteiger partial charge in [-0.2, -0.15) is 5.26 Å². The van der Waals surface area contributed by atoms with Crippen LogP contribution in [-0.2, 0) is 0 Å². The zero-order chi connectivity index (χ0) is 19.7. The van der Waals surface area contributed by atoms with Crippen molar-refractivity contribution in [3.63, 3.8) is 0 Å². The van der Waals surface area contributed by atoms with Gasteiger partial charge in [0.05, 0.1) is 26.6 Å². The zero-order valence-corrected chi connectivity index (χ0v) is 15.0. The van der Waals surface area contributed by atoms with Gasteiger partial charge in [-0.25, -0.2) is 4.98 Å². The van der Waals surface area contributed by atoms with E-state index in [1.165, 1.54) is 18.2 Å². The average Bonchev–Trinajstić information content (AvgIpc) is 3.32. The lowest BCUT2D eigenvalue weighted by atomic mass is 10.1. The van der Waals surface area contributed by atoms with Crippen molar-refractivity contribution >= 4 is 40.0 Å². The van der Waals surface area contributed by atoms with Crippen molar-refractivity contribution < 1.29 is 9.34 Å². The number of para-hydroxylation sites is 2. The second-order valence-corrected chi connectivity index (χ2v) is 6.30. The molecule has 8 heteroatoms. The molecule has 1 N–H and O–H groups in total. The highest BCUT2D eigenvalue weighted by atomic mass is 35.5. The van der Waals surface area contributed by atoms with Crippen molar-refractivity contribution in [2.24, 2.45) is 0 Å². The van der Waals surface area contributed by atoms with Gasteiger partial charge in [0.2, 0.25) is 0 Å². The number of nitro benzene ring substituents is 1. The van der Waals surface area contributed by atoms with Crippen LogP contribution < -0.4 is 0 Å². The van der Waals surface area contributed by atoms with E-state index in [-0.39, 0.29) is 10.7 Å². The molecule has 2 aromatic heterocycles. The molecule has 0 amide bonds. The van der Waals surface area contributed by atoms with Gasteiger partial charge in [-0.1, -0.05) is 23.7 Å². The van der Waals surface area contributed by atoms with E-state index < -0.39 is 4.92 Å². The quantitative estimate of drug-likeness (QED) is 0.283. The van der Waals surface area contributed by atoms with E-state index >= 15 is 0 Å². The smallest absolute Gasteiger partial charge is 0.270 e. The third-order valence-electron chi connectivity index (χ3n) is 4.11. The number of aromatic amines is 1. The topological polar surface area (TPSA) is 109 Å². The molecule has 0 radical (unpaired) electrons. The van der Waals surface area contributed by atoms with E-state index in [9.17, 15) is 15.4 Å². The lowest BCUT2D eigenvalue weighted by Crippen LogP contribution is -1.88. The average molecular weight is 391 g/mol. The van der Waals surface area contributed by atoms with Gasteiger partial charge in [0.1, 0.15) is 23.4 Å². The third-order valence-corrected chi connectivity index (χ3v) is 4.42. The van der Waals surface area contributed by atoms with E-state index in [2.05, 4.69) is 16.0 Å². The molecular formula is C20H11ClN4O3. The number of benzene rings is 2. The number of furan rings is 1. The van der Waals surface area contributed by atoms with Crippen LogP contribution in [0.5, 0.6) is 0 Å². The fourth-order valence-corrected chi connectivity index (χ4v) is 3.04. The van der Waals surface area contributed by atoms with Crippen molar-refractivity contribution in [1.29, 1.82) is 5.26 Å². The molecule has 4 aromatic rings. The number of imidazole rings is 1. The summed E-state index contributed by atoms with van der Waals surface area (Å²) in [6.07, 6.45) is 1.57. The normalized spacial score (nSPS) is 11.5. The van der Waals surface area contributed by atoms with Crippen molar-refractivity contribution in [3.8, 4) is 17.4 Å². The highest BCUT2D eigenvalue weighted by Gasteiger charge is 2.14. The number of nitrogens with one attached hydrogen (secondary N) is 1. The third kappa shape index (κ3) is 3.24. The minimum Gasteiger partial charge on any atom is -0.457 e. The Labute approximate surface area is 163 Å². The summed E-state index contributed by atoms with van der Waals surface area (Å²) in [7, 11) is 0. The zero-order valence-electron chi connectivity index (χ0n) is 14.2. The molecule has 0 unspecified atom stereocenters. The van der Waals surface area contributed by atoms with Gasteiger partial charge in [-0.15, -0.1) is 0 Å². The molecule has 136 valence electrons. The number of allylic oxidation sites excluding steroid dienone is 1. The Bertz CT molecular complexity index is 1250. The Morgan fingerprint density at radius 1 is 1.25 bits per heavy atom. The number of fused-ring (bicyclic) bond motifs is 1. The molecule has 0 spiro atoms. The summed E-state index contributed by atoms with van der Waals surface area (Å²) < 4.78 is 5.76. The number of hydrogen-bond acceptors (Lipinski definition) is 5. The summed E-state index contributed by atoms with van der Waals surface area (Å²) in [6.45, 7) is 0. The lowest BCUT2D eigenvalue weighted by molar-refractivity contribution is -0.384. The summed E-state index contributed by atoms with van der Waals surface area (Å²) in [5, 5.41) is 20.6. The Morgan fingerprint density at radius 3 is 2.79 bits per heavy atom. The standard InChI is InChI=1S/C20H11ClN4O3/c21-16-10-13(25(26)27)5-7-15(16)19-8-6-14(28-19)9-12(11-22)20-23-17-3-1-2-4-18(17)24-20/h1-10H,(H,23,24)/b12-9+. The van der Waals surface area contributed by atoms with E-state index in [0.717, 1.165) is 11.0 Å². The van der Waals surface area contributed by atoms with E-state index in [1.54, 1.807) is 18.2 Å². The van der Waals surface area contributed by atoms with Crippen LogP contribution in [0, 0.1) is 21.4 Å². The first kappa shape index (κ1) is 17.5. The molecule has 28 heavy (non-hydrogen) atoms. The second-order valence-electron chi connectivity index (χ2n) is 5.90. The number of nitrogens with zero attached hydrogens (tertiary/aromatic N) is 3. The van der Waals surface area contributed by atoms with Crippen molar-refractivity contribution in [1.82, 2.24) is 9.97 Å². The number of aromatic nitrogens is 2. The van der Waals surface area contributed by atoms with Crippen LogP contribution in [-0.4, -0.2) is 14.9 Å². The highest BCUT2D eigenvalue weighted by molar-refractivity contribution is 6.33. The largest absolute Gasteiger partial charge is 0.457 e. The molecule has 0 bridgehead atoms. The van der Waals surface area contributed by atoms with Crippen LogP contribution in [0.4, 0.5) is 5.69 Å². The summed E-state index contributed by atoms with van der Waals surface area (Å²) in [5.41, 5.74) is 2.33. The second kappa shape index (κ2) is 7.02. The Hall–Kier alpha value is -3.89. The van der Waals surface area contributed by atoms with Gasteiger partial charge in [-0.3, -0.25) is 10.1 Å². The molecule has 4 rings (SSSR count). The molecule has 0 fully saturated rings. The molecule has 0 aliphatic carbocycles. The minimum absolute atomic E-state index is 0.0999. The summed E-state index contributed by atoms with van der Waals surface area (Å²) in [4.78, 5) is 17.8. The number of non-ortho nitro benzene ring substituents is 1. The number of rotatable bonds is 4. The molecule has 0 saturated carbocycles. The molecule has 2 heterocycles. The Balaban J connectivity index is 1.68. The highest BCUT2D eigenvalue weighted by Crippen LogP contribution is 2.33. The van der Waals surface area contributed by atoms with E-state index in [0.29, 0.717) is 28.5 Å². The summed E-state index contributed by atoms with van der Waals surface area (Å²) >= 11 is 6.14. The molecule has 0 saturated heterocycles. The Morgan fingerprint density at radius 2 is 2.07 bits per heavy atom. The predicted octanol–water partition coefficient (Wildman–Crippen LogP) is 5.45. The first-order chi connectivity index (χ1) is 13.5. The van der Waals surface area contributed by atoms with E-state index in [1.807, 2.05) is 24.3 Å². The maximum atomic E-state index is 10.8. The first-order valence-corrected chi connectivity index (χ1v) is 8.54. The van der Waals surface area contributed by atoms with Crippen LogP contribution in [0.3, 0.4) is 0 Å². The molecule has 7 nitrogen and oxygen atoms in total. The van der Waals surface area contributed by atoms with Crippen molar-refractivity contribution in [3.05, 3.63) is 81.3 Å². The number of H-pyrrole nitrogens is 1. The maximum absolute atomic E-state index is 10.8. The van der Waals surface area contributed by atoms with E-state index in [4.69, 9.17) is 16.0 Å². The SMILES string of the molecule is N#C/C(=C\c1ccc(-c2ccc([N+](=O)[O-])cc2Cl)o1)c1nc2ccccc2[nH]1. The fourth-order valence-electron chi connectivity index (χ4n) is 2.77. The van der Waals surface area contributed by atoms with Gasteiger partial charge in [-0.05, 0) is 30.3 Å². The van der Waals surface area contributed by atoms with Gasteiger partial charge in [0, 0.05) is 23.8 Å². The minimum atomic E-state index is -0.515. The van der Waals surface area contributed by atoms with Gasteiger partial charge >= 0.3 is 0 Å². The first-order valence-electron chi connectivity index (χ1n) is 8.16. The Kier molecular flexibility index (Phi) is 4.39. The predicted molar refractivity (Wildman–Crippen MR) is 105 cm³/mol. The van der Waals surface area contributed by atoms with Crippen LogP contribution in [0.2, 0.25) is 5.02 Å². The number of nitro groups is 1. The van der Waals surface area contributed by atoms with Crippen LogP contribution in [0.25, 0.3) is 34.0 Å². The van der Waals surface area contributed by atoms with Gasteiger partial charge in [0.15, 0.2) is 0 Å². The summed E-state index contributed by atoms with van der Waals surface area (Å²) in [5.74, 6) is 1.31. The number of halogens is 1. The van der Waals surface area contributed by atoms with Gasteiger partial charge in [0.25, 0.3) is 5.69 Å². The molecule has 0 aliphatic heterocycles. The number of nitriles is 1. The van der Waals surface area contributed by atoms with Crippen LogP contribution in [0.1, 0.15) is 11.6 Å². The molecular weight excluding hydrogens is 380 g/mol. The summed E-state index contributed by atoms with van der Waals surface area (Å²) in [6, 6.07) is 17.1. The maximum Gasteiger partial charge on any atom is 0.270 e. The van der Waals surface area contributed by atoms with Crippen molar-refractivity contribution in [2.75, 3.05) is 0 Å². The fraction of sp³-hybridized carbons (Fsp3) is 0. The monoisotopic (exact) mass is 390 g/mol. The van der Waals surface area contributed by atoms with Crippen LogP contribution in [0.15, 0.2) is 59.0 Å². The molecule has 2 aromatic carbocycles. The number of hydrogen-bond donors (Lipinski definition) is 1. The van der Waals surface area contributed by atoms with Crippen LogP contribution >= 0.6 is 11.6 Å². The molecule has 0 aliphatic rings. The lowest BCUT2D eigenvalue weighted by Gasteiger charge is -2.00.